The Kier molecular flexibility index (Phi) is 7.74. The maximum absolute atomic E-state index is 14.1. The summed E-state index contributed by atoms with van der Waals surface area (Å²) in [5.74, 6) is -1.53. The lowest BCUT2D eigenvalue weighted by Crippen LogP contribution is -2.66. The van der Waals surface area contributed by atoms with Crippen LogP contribution in [-0.4, -0.2) is 31.1 Å². The molecule has 2 aromatic carbocycles. The molecular formula is C25H29F4N3O3. The highest BCUT2D eigenvalue weighted by molar-refractivity contribution is 5.90. The molecule has 3 atom stereocenters. The van der Waals surface area contributed by atoms with Gasteiger partial charge in [0, 0.05) is 5.41 Å². The first kappa shape index (κ1) is 26.5. The highest BCUT2D eigenvalue weighted by Crippen LogP contribution is 2.33. The van der Waals surface area contributed by atoms with Gasteiger partial charge in [-0.3, -0.25) is 14.9 Å². The third kappa shape index (κ3) is 5.93. The molecule has 1 saturated heterocycles. The fraction of sp³-hybridized carbons (Fsp3) is 0.440. The SMILES string of the molecule is CC[C@@H](NC(=O)C1CC(=O)NC(C(C)(C)c2ccc(OC)cc2)N1)c1ccc(C(F)(F)F)c(F)c1. The number of nitrogens with one attached hydrogen (secondary N) is 3. The predicted octanol–water partition coefficient (Wildman–Crippen LogP) is 4.20. The minimum absolute atomic E-state index is 0.112. The Hall–Kier alpha value is -3.14. The van der Waals surface area contributed by atoms with Gasteiger partial charge in [-0.05, 0) is 41.8 Å². The van der Waals surface area contributed by atoms with Crippen LogP contribution in [0.25, 0.3) is 0 Å². The Labute approximate surface area is 201 Å². The summed E-state index contributed by atoms with van der Waals surface area (Å²) in [5, 5.41) is 8.79. The number of rotatable bonds is 7. The number of halogens is 4. The van der Waals surface area contributed by atoms with Crippen LogP contribution in [0.4, 0.5) is 17.6 Å². The fourth-order valence-electron chi connectivity index (χ4n) is 4.12. The van der Waals surface area contributed by atoms with E-state index in [1.165, 1.54) is 0 Å². The molecule has 3 N–H and O–H groups in total. The van der Waals surface area contributed by atoms with E-state index < -0.39 is 47.1 Å². The molecule has 0 bridgehead atoms. The van der Waals surface area contributed by atoms with Crippen molar-refractivity contribution >= 4 is 11.8 Å². The third-order valence-electron chi connectivity index (χ3n) is 6.36. The van der Waals surface area contributed by atoms with Crippen molar-refractivity contribution in [3.63, 3.8) is 0 Å². The summed E-state index contributed by atoms with van der Waals surface area (Å²) in [6.07, 6.45) is -5.18. The molecule has 0 aliphatic carbocycles. The second kappa shape index (κ2) is 10.2. The molecule has 0 spiro atoms. The Morgan fingerprint density at radius 3 is 2.37 bits per heavy atom. The van der Waals surface area contributed by atoms with E-state index >= 15 is 0 Å². The van der Waals surface area contributed by atoms with Gasteiger partial charge in [0.1, 0.15) is 11.6 Å². The average Bonchev–Trinajstić information content (AvgIpc) is 2.81. The van der Waals surface area contributed by atoms with Gasteiger partial charge in [0.05, 0.1) is 37.3 Å². The molecule has 35 heavy (non-hydrogen) atoms. The second-order valence-electron chi connectivity index (χ2n) is 9.08. The van der Waals surface area contributed by atoms with E-state index in [4.69, 9.17) is 4.74 Å². The molecule has 190 valence electrons. The summed E-state index contributed by atoms with van der Waals surface area (Å²) in [5.41, 5.74) is -0.844. The molecule has 0 saturated carbocycles. The van der Waals surface area contributed by atoms with E-state index in [1.54, 1.807) is 26.2 Å². The summed E-state index contributed by atoms with van der Waals surface area (Å²) in [7, 11) is 1.56. The largest absolute Gasteiger partial charge is 0.497 e. The van der Waals surface area contributed by atoms with Crippen molar-refractivity contribution in [1.82, 2.24) is 16.0 Å². The van der Waals surface area contributed by atoms with Crippen LogP contribution < -0.4 is 20.7 Å². The van der Waals surface area contributed by atoms with Crippen LogP contribution in [0.3, 0.4) is 0 Å². The van der Waals surface area contributed by atoms with Crippen molar-refractivity contribution in [1.29, 1.82) is 0 Å². The zero-order valence-electron chi connectivity index (χ0n) is 19.9. The first-order chi connectivity index (χ1) is 16.4. The van der Waals surface area contributed by atoms with Gasteiger partial charge in [0.25, 0.3) is 0 Å². The highest BCUT2D eigenvalue weighted by atomic mass is 19.4. The van der Waals surface area contributed by atoms with Crippen LogP contribution in [0.15, 0.2) is 42.5 Å². The van der Waals surface area contributed by atoms with Gasteiger partial charge < -0.3 is 15.4 Å². The van der Waals surface area contributed by atoms with Gasteiger partial charge in [-0.25, -0.2) is 4.39 Å². The fourth-order valence-corrected chi connectivity index (χ4v) is 4.12. The van der Waals surface area contributed by atoms with E-state index in [9.17, 15) is 27.2 Å². The number of hydrogen-bond donors (Lipinski definition) is 3. The molecular weight excluding hydrogens is 466 g/mol. The zero-order chi connectivity index (χ0) is 26.0. The third-order valence-corrected chi connectivity index (χ3v) is 6.36. The lowest BCUT2D eigenvalue weighted by molar-refractivity contribution is -0.140. The van der Waals surface area contributed by atoms with Crippen molar-refractivity contribution in [2.45, 2.75) is 63.5 Å². The maximum Gasteiger partial charge on any atom is 0.419 e. The van der Waals surface area contributed by atoms with E-state index in [1.807, 2.05) is 26.0 Å². The van der Waals surface area contributed by atoms with Crippen LogP contribution in [-0.2, 0) is 21.2 Å². The predicted molar refractivity (Wildman–Crippen MR) is 122 cm³/mol. The van der Waals surface area contributed by atoms with E-state index in [-0.39, 0.29) is 17.9 Å². The number of methoxy groups -OCH3 is 1. The highest BCUT2D eigenvalue weighted by Gasteiger charge is 2.40. The van der Waals surface area contributed by atoms with Crippen LogP contribution in [0, 0.1) is 5.82 Å². The zero-order valence-corrected chi connectivity index (χ0v) is 19.9. The molecule has 1 heterocycles. The molecule has 2 unspecified atom stereocenters. The van der Waals surface area contributed by atoms with Gasteiger partial charge in [0.15, 0.2) is 0 Å². The second-order valence-corrected chi connectivity index (χ2v) is 9.08. The van der Waals surface area contributed by atoms with E-state index in [0.29, 0.717) is 18.2 Å². The van der Waals surface area contributed by atoms with Crippen LogP contribution in [0.2, 0.25) is 0 Å². The molecule has 0 radical (unpaired) electrons. The number of benzene rings is 2. The Morgan fingerprint density at radius 1 is 1.17 bits per heavy atom. The summed E-state index contributed by atoms with van der Waals surface area (Å²) in [6.45, 7) is 5.57. The number of carbonyl (C=O) groups is 2. The lowest BCUT2D eigenvalue weighted by atomic mass is 9.80. The van der Waals surface area contributed by atoms with Crippen molar-refractivity contribution in [2.24, 2.45) is 0 Å². The van der Waals surface area contributed by atoms with Gasteiger partial charge >= 0.3 is 6.18 Å². The Balaban J connectivity index is 1.75. The molecule has 1 fully saturated rings. The van der Waals surface area contributed by atoms with Crippen molar-refractivity contribution < 1.29 is 31.9 Å². The molecule has 3 rings (SSSR count). The first-order valence-electron chi connectivity index (χ1n) is 11.2. The molecule has 1 aliphatic rings. The summed E-state index contributed by atoms with van der Waals surface area (Å²) < 4.78 is 57.9. The lowest BCUT2D eigenvalue weighted by Gasteiger charge is -2.41. The van der Waals surface area contributed by atoms with Gasteiger partial charge in [0.2, 0.25) is 11.8 Å². The Bertz CT molecular complexity index is 1070. The van der Waals surface area contributed by atoms with Gasteiger partial charge in [-0.1, -0.05) is 39.0 Å². The minimum Gasteiger partial charge on any atom is -0.497 e. The number of alkyl halides is 3. The quantitative estimate of drug-likeness (QED) is 0.503. The number of hydrogen-bond acceptors (Lipinski definition) is 4. The first-order valence-corrected chi connectivity index (χ1v) is 11.2. The smallest absolute Gasteiger partial charge is 0.419 e. The topological polar surface area (TPSA) is 79.5 Å². The number of amides is 2. The van der Waals surface area contributed by atoms with Crippen molar-refractivity contribution in [2.75, 3.05) is 7.11 Å². The van der Waals surface area contributed by atoms with Gasteiger partial charge in [-0.2, -0.15) is 13.2 Å². The molecule has 6 nitrogen and oxygen atoms in total. The normalized spacial score (nSPS) is 19.6. The van der Waals surface area contributed by atoms with E-state index in [0.717, 1.165) is 17.7 Å². The van der Waals surface area contributed by atoms with Crippen molar-refractivity contribution in [3.8, 4) is 5.75 Å². The molecule has 0 aromatic heterocycles. The van der Waals surface area contributed by atoms with Gasteiger partial charge in [-0.15, -0.1) is 0 Å². The summed E-state index contributed by atoms with van der Waals surface area (Å²) in [4.78, 5) is 25.5. The molecule has 2 aromatic rings. The van der Waals surface area contributed by atoms with Crippen molar-refractivity contribution in [3.05, 3.63) is 65.0 Å². The molecule has 10 heteroatoms. The molecule has 2 amide bonds. The minimum atomic E-state index is -4.81. The molecule has 1 aliphatic heterocycles. The van der Waals surface area contributed by atoms with Crippen LogP contribution in [0.1, 0.15) is 56.3 Å². The standard InChI is InChI=1S/C25H29F4N3O3/c1-5-19(14-6-11-17(18(26)12-14)25(27,28)29)30-22(34)20-13-21(33)32-23(31-20)24(2,3)15-7-9-16(35-4)10-8-15/h6-12,19-20,23,31H,5,13H2,1-4H3,(H,30,34)(H,32,33)/t19-,20?,23?/m1/s1. The van der Waals surface area contributed by atoms with Crippen LogP contribution >= 0.6 is 0 Å². The summed E-state index contributed by atoms with van der Waals surface area (Å²) in [6, 6.07) is 8.37. The van der Waals surface area contributed by atoms with Crippen LogP contribution in [0.5, 0.6) is 5.75 Å². The monoisotopic (exact) mass is 495 g/mol. The average molecular weight is 496 g/mol. The van der Waals surface area contributed by atoms with E-state index in [2.05, 4.69) is 16.0 Å². The number of ether oxygens (including phenoxy) is 1. The number of carbonyl (C=O) groups excluding carboxylic acids is 2. The maximum atomic E-state index is 14.1. The Morgan fingerprint density at radius 2 is 1.83 bits per heavy atom. The summed E-state index contributed by atoms with van der Waals surface area (Å²) >= 11 is 0.